The van der Waals surface area contributed by atoms with Gasteiger partial charge < -0.3 is 18.7 Å². The van der Waals surface area contributed by atoms with Crippen molar-refractivity contribution >= 4 is 5.78 Å². The Kier molecular flexibility index (Phi) is 5.93. The highest BCUT2D eigenvalue weighted by atomic mass is 16.5. The van der Waals surface area contributed by atoms with E-state index in [1.165, 1.54) is 0 Å². The van der Waals surface area contributed by atoms with Crippen molar-refractivity contribution in [2.75, 3.05) is 20.8 Å². The zero-order chi connectivity index (χ0) is 21.6. The van der Waals surface area contributed by atoms with Gasteiger partial charge in [-0.05, 0) is 72.8 Å². The Bertz CT molecular complexity index is 1150. The first-order valence-electron chi connectivity index (χ1n) is 9.55. The molecule has 0 aliphatic carbocycles. The zero-order valence-corrected chi connectivity index (χ0v) is 17.1. The fourth-order valence-electron chi connectivity index (χ4n) is 2.90. The summed E-state index contributed by atoms with van der Waals surface area (Å²) in [5.41, 5.74) is 2.14. The van der Waals surface area contributed by atoms with Gasteiger partial charge in [0, 0.05) is 16.7 Å². The van der Waals surface area contributed by atoms with Gasteiger partial charge in [-0.1, -0.05) is 5.16 Å². The van der Waals surface area contributed by atoms with Gasteiger partial charge in [-0.2, -0.15) is 4.98 Å². The summed E-state index contributed by atoms with van der Waals surface area (Å²) in [6.07, 6.45) is 0. The van der Waals surface area contributed by atoms with E-state index >= 15 is 0 Å². The van der Waals surface area contributed by atoms with Gasteiger partial charge in [0.05, 0.1) is 14.2 Å². The molecule has 0 aliphatic rings. The molecule has 0 atom stereocenters. The van der Waals surface area contributed by atoms with E-state index in [4.69, 9.17) is 18.7 Å². The molecule has 156 valence electrons. The molecular weight excluding hydrogens is 396 g/mol. The first-order chi connectivity index (χ1) is 15.2. The Morgan fingerprint density at radius 1 is 0.774 bits per heavy atom. The average Bonchev–Trinajstić information content (AvgIpc) is 3.33. The molecule has 1 heterocycles. The highest BCUT2D eigenvalue weighted by Gasteiger charge is 2.12. The number of rotatable bonds is 8. The van der Waals surface area contributed by atoms with Crippen LogP contribution in [0.3, 0.4) is 0 Å². The highest BCUT2D eigenvalue weighted by molar-refractivity contribution is 5.97. The number of Topliss-reactive ketones (excluding diaryl/α,β-unsaturated/α-hetero) is 1. The number of carbonyl (C=O) groups excluding carboxylic acids is 1. The topological polar surface area (TPSA) is 83.7 Å². The summed E-state index contributed by atoms with van der Waals surface area (Å²) in [7, 11) is 3.19. The second kappa shape index (κ2) is 9.13. The fourth-order valence-corrected chi connectivity index (χ4v) is 2.90. The lowest BCUT2D eigenvalue weighted by molar-refractivity contribution is 0.0921. The number of nitrogens with zero attached hydrogens (tertiary/aromatic N) is 2. The van der Waals surface area contributed by atoms with Crippen LogP contribution in [0, 0.1) is 0 Å². The summed E-state index contributed by atoms with van der Waals surface area (Å²) in [6, 6.07) is 21.4. The third kappa shape index (κ3) is 4.72. The molecule has 0 fully saturated rings. The summed E-state index contributed by atoms with van der Waals surface area (Å²) in [5, 5.41) is 4.04. The number of aromatic nitrogens is 2. The minimum absolute atomic E-state index is 0.0600. The van der Waals surface area contributed by atoms with Crippen molar-refractivity contribution in [3.05, 3.63) is 78.4 Å². The number of hydrogen-bond donors (Lipinski definition) is 0. The molecule has 4 aromatic rings. The molecule has 7 nitrogen and oxygen atoms in total. The molecule has 0 amide bonds. The smallest absolute Gasteiger partial charge is 0.258 e. The third-order valence-electron chi connectivity index (χ3n) is 4.66. The van der Waals surface area contributed by atoms with E-state index < -0.39 is 0 Å². The molecule has 3 aromatic carbocycles. The van der Waals surface area contributed by atoms with Gasteiger partial charge in [-0.25, -0.2) is 0 Å². The number of carbonyl (C=O) groups is 1. The number of hydrogen-bond acceptors (Lipinski definition) is 7. The lowest BCUT2D eigenvalue weighted by atomic mass is 10.1. The minimum Gasteiger partial charge on any atom is -0.497 e. The molecule has 0 saturated carbocycles. The molecule has 0 aliphatic heterocycles. The second-order valence-electron chi connectivity index (χ2n) is 6.62. The van der Waals surface area contributed by atoms with Crippen LogP contribution in [0.25, 0.3) is 22.8 Å². The highest BCUT2D eigenvalue weighted by Crippen LogP contribution is 2.25. The summed E-state index contributed by atoms with van der Waals surface area (Å²) >= 11 is 0. The minimum atomic E-state index is -0.117. The van der Waals surface area contributed by atoms with Gasteiger partial charge >= 0.3 is 0 Å². The van der Waals surface area contributed by atoms with Crippen molar-refractivity contribution in [2.45, 2.75) is 0 Å². The first kappa shape index (κ1) is 20.2. The van der Waals surface area contributed by atoms with Gasteiger partial charge in [-0.3, -0.25) is 4.79 Å². The summed E-state index contributed by atoms with van der Waals surface area (Å²) in [4.78, 5) is 16.7. The van der Waals surface area contributed by atoms with E-state index in [9.17, 15) is 4.79 Å². The third-order valence-corrected chi connectivity index (χ3v) is 4.66. The van der Waals surface area contributed by atoms with E-state index in [0.29, 0.717) is 28.8 Å². The Morgan fingerprint density at radius 3 is 1.94 bits per heavy atom. The Morgan fingerprint density at radius 2 is 1.32 bits per heavy atom. The van der Waals surface area contributed by atoms with Crippen LogP contribution in [0.15, 0.2) is 77.3 Å². The maximum absolute atomic E-state index is 12.3. The molecule has 0 unspecified atom stereocenters. The number of ketones is 1. The van der Waals surface area contributed by atoms with E-state index in [2.05, 4.69) is 10.1 Å². The molecule has 0 bridgehead atoms. The molecule has 7 heteroatoms. The summed E-state index contributed by atoms with van der Waals surface area (Å²) in [5.74, 6) is 2.79. The van der Waals surface area contributed by atoms with Crippen molar-refractivity contribution in [2.24, 2.45) is 0 Å². The summed E-state index contributed by atoms with van der Waals surface area (Å²) in [6.45, 7) is -0.0600. The average molecular weight is 416 g/mol. The maximum Gasteiger partial charge on any atom is 0.258 e. The standard InChI is InChI=1S/C24H20N2O5/c1-28-19-9-3-16(4-10-19)22(27)15-30-21-13-5-17(6-14-21)23-25-24(31-26-23)18-7-11-20(29-2)12-8-18/h3-14H,15H2,1-2H3. The van der Waals surface area contributed by atoms with Gasteiger partial charge in [0.1, 0.15) is 17.2 Å². The monoisotopic (exact) mass is 416 g/mol. The van der Waals surface area contributed by atoms with E-state index in [0.717, 1.165) is 16.9 Å². The normalized spacial score (nSPS) is 10.5. The van der Waals surface area contributed by atoms with Crippen molar-refractivity contribution in [3.8, 4) is 40.1 Å². The Balaban J connectivity index is 1.38. The lowest BCUT2D eigenvalue weighted by Crippen LogP contribution is -2.11. The lowest BCUT2D eigenvalue weighted by Gasteiger charge is -2.06. The molecule has 31 heavy (non-hydrogen) atoms. The van der Waals surface area contributed by atoms with Gasteiger partial charge in [0.15, 0.2) is 12.4 Å². The van der Waals surface area contributed by atoms with Crippen molar-refractivity contribution < 1.29 is 23.5 Å². The largest absolute Gasteiger partial charge is 0.497 e. The molecule has 0 N–H and O–H groups in total. The molecule has 1 aromatic heterocycles. The molecule has 0 spiro atoms. The fraction of sp³-hybridized carbons (Fsp3) is 0.125. The SMILES string of the molecule is COc1ccc(C(=O)COc2ccc(-c3noc(-c4ccc(OC)cc4)n3)cc2)cc1. The zero-order valence-electron chi connectivity index (χ0n) is 17.1. The predicted molar refractivity (Wildman–Crippen MR) is 115 cm³/mol. The number of ether oxygens (including phenoxy) is 3. The van der Waals surface area contributed by atoms with Crippen LogP contribution >= 0.6 is 0 Å². The van der Waals surface area contributed by atoms with Crippen molar-refractivity contribution in [1.82, 2.24) is 10.1 Å². The van der Waals surface area contributed by atoms with E-state index in [1.54, 1.807) is 50.6 Å². The van der Waals surface area contributed by atoms with Crippen molar-refractivity contribution in [3.63, 3.8) is 0 Å². The van der Waals surface area contributed by atoms with Gasteiger partial charge in [0.2, 0.25) is 5.82 Å². The quantitative estimate of drug-likeness (QED) is 0.386. The Hall–Kier alpha value is -4.13. The van der Waals surface area contributed by atoms with Crippen LogP contribution in [-0.2, 0) is 0 Å². The second-order valence-corrected chi connectivity index (χ2v) is 6.62. The van der Waals surface area contributed by atoms with Crippen LogP contribution in [0.2, 0.25) is 0 Å². The predicted octanol–water partition coefficient (Wildman–Crippen LogP) is 4.68. The summed E-state index contributed by atoms with van der Waals surface area (Å²) < 4.78 is 21.2. The van der Waals surface area contributed by atoms with Crippen LogP contribution in [0.5, 0.6) is 17.2 Å². The molecule has 4 rings (SSSR count). The Labute approximate surface area is 179 Å². The van der Waals surface area contributed by atoms with Crippen LogP contribution < -0.4 is 14.2 Å². The molecule has 0 radical (unpaired) electrons. The maximum atomic E-state index is 12.3. The molecule has 0 saturated heterocycles. The van der Waals surface area contributed by atoms with Crippen LogP contribution in [0.1, 0.15) is 10.4 Å². The van der Waals surface area contributed by atoms with Crippen molar-refractivity contribution in [1.29, 1.82) is 0 Å². The van der Waals surface area contributed by atoms with Gasteiger partial charge in [-0.15, -0.1) is 0 Å². The number of benzene rings is 3. The van der Waals surface area contributed by atoms with Crippen LogP contribution in [-0.4, -0.2) is 36.8 Å². The van der Waals surface area contributed by atoms with E-state index in [-0.39, 0.29) is 12.4 Å². The number of methoxy groups -OCH3 is 2. The van der Waals surface area contributed by atoms with E-state index in [1.807, 2.05) is 36.4 Å². The first-order valence-corrected chi connectivity index (χ1v) is 9.55. The molecular formula is C24H20N2O5. The van der Waals surface area contributed by atoms with Crippen LogP contribution in [0.4, 0.5) is 0 Å². The van der Waals surface area contributed by atoms with Gasteiger partial charge in [0.25, 0.3) is 5.89 Å².